The summed E-state index contributed by atoms with van der Waals surface area (Å²) in [6, 6.07) is 12.0. The van der Waals surface area contributed by atoms with Gasteiger partial charge in [0.2, 0.25) is 0 Å². The van der Waals surface area contributed by atoms with Crippen LogP contribution >= 0.6 is 0 Å². The zero-order valence-corrected chi connectivity index (χ0v) is 12.8. The van der Waals surface area contributed by atoms with Gasteiger partial charge in [0.05, 0.1) is 14.2 Å². The second kappa shape index (κ2) is 7.64. The molecule has 0 aliphatic carbocycles. The lowest BCUT2D eigenvalue weighted by molar-refractivity contribution is 0.392. The van der Waals surface area contributed by atoms with Crippen molar-refractivity contribution in [1.82, 2.24) is 10.3 Å². The molecular formula is C17H22N2O2. The Morgan fingerprint density at radius 1 is 1.14 bits per heavy atom. The maximum absolute atomic E-state index is 5.42. The van der Waals surface area contributed by atoms with Gasteiger partial charge < -0.3 is 14.8 Å². The molecule has 2 aromatic rings. The first-order valence-electron chi connectivity index (χ1n) is 7.10. The highest BCUT2D eigenvalue weighted by molar-refractivity contribution is 5.42. The van der Waals surface area contributed by atoms with Gasteiger partial charge in [-0.05, 0) is 37.3 Å². The van der Waals surface area contributed by atoms with Gasteiger partial charge in [0, 0.05) is 36.5 Å². The first-order valence-corrected chi connectivity index (χ1v) is 7.10. The standard InChI is InChI=1S/C17H22N2O2/c1-13(18-11-9-14-6-4-5-10-19-14)16-12-15(20-2)7-8-17(16)21-3/h4-8,10,12-13,18H,9,11H2,1-3H3. The predicted molar refractivity (Wildman–Crippen MR) is 83.9 cm³/mol. The van der Waals surface area contributed by atoms with Crippen LogP contribution < -0.4 is 14.8 Å². The van der Waals surface area contributed by atoms with Gasteiger partial charge in [0.25, 0.3) is 0 Å². The number of pyridine rings is 1. The van der Waals surface area contributed by atoms with Gasteiger partial charge in [-0.3, -0.25) is 4.98 Å². The van der Waals surface area contributed by atoms with Crippen molar-refractivity contribution in [1.29, 1.82) is 0 Å². The van der Waals surface area contributed by atoms with Crippen molar-refractivity contribution in [2.24, 2.45) is 0 Å². The molecule has 0 amide bonds. The van der Waals surface area contributed by atoms with Crippen LogP contribution in [0.2, 0.25) is 0 Å². The van der Waals surface area contributed by atoms with Gasteiger partial charge in [0.1, 0.15) is 11.5 Å². The lowest BCUT2D eigenvalue weighted by Crippen LogP contribution is -2.22. The van der Waals surface area contributed by atoms with Gasteiger partial charge in [-0.2, -0.15) is 0 Å². The molecule has 0 aliphatic heterocycles. The molecule has 1 unspecified atom stereocenters. The third-order valence-corrected chi connectivity index (χ3v) is 3.46. The van der Waals surface area contributed by atoms with E-state index in [2.05, 4.69) is 17.2 Å². The van der Waals surface area contributed by atoms with Crippen LogP contribution in [0.4, 0.5) is 0 Å². The van der Waals surface area contributed by atoms with Crippen LogP contribution in [-0.4, -0.2) is 25.7 Å². The monoisotopic (exact) mass is 286 g/mol. The molecule has 0 saturated heterocycles. The van der Waals surface area contributed by atoms with Crippen molar-refractivity contribution in [3.8, 4) is 11.5 Å². The fourth-order valence-corrected chi connectivity index (χ4v) is 2.25. The number of hydrogen-bond donors (Lipinski definition) is 1. The third kappa shape index (κ3) is 4.20. The van der Waals surface area contributed by atoms with Gasteiger partial charge in [0.15, 0.2) is 0 Å². The van der Waals surface area contributed by atoms with Crippen LogP contribution in [-0.2, 0) is 6.42 Å². The summed E-state index contributed by atoms with van der Waals surface area (Å²) in [6.07, 6.45) is 2.72. The summed E-state index contributed by atoms with van der Waals surface area (Å²) < 4.78 is 10.7. The van der Waals surface area contributed by atoms with Crippen molar-refractivity contribution < 1.29 is 9.47 Å². The van der Waals surface area contributed by atoms with Crippen molar-refractivity contribution in [2.75, 3.05) is 20.8 Å². The van der Waals surface area contributed by atoms with Crippen LogP contribution in [0.5, 0.6) is 11.5 Å². The number of benzene rings is 1. The number of aromatic nitrogens is 1. The Hall–Kier alpha value is -2.07. The van der Waals surface area contributed by atoms with Gasteiger partial charge >= 0.3 is 0 Å². The van der Waals surface area contributed by atoms with Crippen LogP contribution in [0.3, 0.4) is 0 Å². The number of rotatable bonds is 7. The van der Waals surface area contributed by atoms with Crippen LogP contribution in [0.1, 0.15) is 24.2 Å². The molecule has 21 heavy (non-hydrogen) atoms. The molecule has 1 aromatic carbocycles. The topological polar surface area (TPSA) is 43.4 Å². The van der Waals surface area contributed by atoms with E-state index in [1.54, 1.807) is 14.2 Å². The second-order valence-corrected chi connectivity index (χ2v) is 4.85. The predicted octanol–water partition coefficient (Wildman–Crippen LogP) is 2.99. The highest BCUT2D eigenvalue weighted by Crippen LogP contribution is 2.29. The summed E-state index contributed by atoms with van der Waals surface area (Å²) in [7, 11) is 3.36. The largest absolute Gasteiger partial charge is 0.497 e. The van der Waals surface area contributed by atoms with E-state index in [9.17, 15) is 0 Å². The Morgan fingerprint density at radius 3 is 2.67 bits per heavy atom. The Balaban J connectivity index is 1.97. The Bertz CT molecular complexity index is 558. The number of nitrogens with one attached hydrogen (secondary N) is 1. The minimum Gasteiger partial charge on any atom is -0.497 e. The Labute approximate surface area is 126 Å². The van der Waals surface area contributed by atoms with E-state index in [1.165, 1.54) is 0 Å². The maximum Gasteiger partial charge on any atom is 0.123 e. The normalized spacial score (nSPS) is 12.0. The molecule has 0 bridgehead atoms. The van der Waals surface area contributed by atoms with Crippen molar-refractivity contribution in [3.63, 3.8) is 0 Å². The molecule has 0 radical (unpaired) electrons. The molecule has 112 valence electrons. The molecule has 1 aromatic heterocycles. The number of hydrogen-bond acceptors (Lipinski definition) is 4. The third-order valence-electron chi connectivity index (χ3n) is 3.46. The van der Waals surface area contributed by atoms with Gasteiger partial charge in [-0.15, -0.1) is 0 Å². The lowest BCUT2D eigenvalue weighted by Gasteiger charge is -2.18. The quantitative estimate of drug-likeness (QED) is 0.849. The van der Waals surface area contributed by atoms with E-state index in [0.717, 1.165) is 35.7 Å². The first-order chi connectivity index (χ1) is 10.2. The number of ether oxygens (including phenoxy) is 2. The zero-order valence-electron chi connectivity index (χ0n) is 12.8. The molecule has 1 N–H and O–H groups in total. The molecule has 2 rings (SSSR count). The highest BCUT2D eigenvalue weighted by Gasteiger charge is 2.12. The molecule has 4 heteroatoms. The van der Waals surface area contributed by atoms with Crippen molar-refractivity contribution >= 4 is 0 Å². The van der Waals surface area contributed by atoms with Crippen LogP contribution in [0.15, 0.2) is 42.6 Å². The molecule has 1 heterocycles. The second-order valence-electron chi connectivity index (χ2n) is 4.85. The molecular weight excluding hydrogens is 264 g/mol. The van der Waals surface area contributed by atoms with Crippen LogP contribution in [0.25, 0.3) is 0 Å². The van der Waals surface area contributed by atoms with Crippen molar-refractivity contribution in [3.05, 3.63) is 53.9 Å². The summed E-state index contributed by atoms with van der Waals surface area (Å²) in [5.74, 6) is 1.71. The number of methoxy groups -OCH3 is 2. The summed E-state index contributed by atoms with van der Waals surface area (Å²) in [6.45, 7) is 2.98. The lowest BCUT2D eigenvalue weighted by atomic mass is 10.1. The van der Waals surface area contributed by atoms with Crippen molar-refractivity contribution in [2.45, 2.75) is 19.4 Å². The Kier molecular flexibility index (Phi) is 5.58. The summed E-state index contributed by atoms with van der Waals surface area (Å²) in [5, 5.41) is 3.50. The zero-order chi connectivity index (χ0) is 15.1. The SMILES string of the molecule is COc1ccc(OC)c(C(C)NCCc2ccccn2)c1. The minimum atomic E-state index is 0.179. The van der Waals surface area contributed by atoms with E-state index in [1.807, 2.05) is 42.6 Å². The van der Waals surface area contributed by atoms with E-state index >= 15 is 0 Å². The van der Waals surface area contributed by atoms with Gasteiger partial charge in [-0.1, -0.05) is 6.07 Å². The first kappa shape index (κ1) is 15.3. The van der Waals surface area contributed by atoms with E-state index in [4.69, 9.17) is 9.47 Å². The smallest absolute Gasteiger partial charge is 0.123 e. The molecule has 4 nitrogen and oxygen atoms in total. The fraction of sp³-hybridized carbons (Fsp3) is 0.353. The molecule has 0 saturated carbocycles. The summed E-state index contributed by atoms with van der Waals surface area (Å²) in [5.41, 5.74) is 2.19. The molecule has 0 fully saturated rings. The van der Waals surface area contributed by atoms with Gasteiger partial charge in [-0.25, -0.2) is 0 Å². The number of nitrogens with zero attached hydrogens (tertiary/aromatic N) is 1. The van der Waals surface area contributed by atoms with E-state index < -0.39 is 0 Å². The van der Waals surface area contributed by atoms with E-state index in [0.29, 0.717) is 0 Å². The average molecular weight is 286 g/mol. The Morgan fingerprint density at radius 2 is 2.00 bits per heavy atom. The summed E-state index contributed by atoms with van der Waals surface area (Å²) in [4.78, 5) is 4.32. The summed E-state index contributed by atoms with van der Waals surface area (Å²) >= 11 is 0. The van der Waals surface area contributed by atoms with E-state index in [-0.39, 0.29) is 6.04 Å². The molecule has 0 aliphatic rings. The van der Waals surface area contributed by atoms with Crippen LogP contribution in [0, 0.1) is 0 Å². The fourth-order valence-electron chi connectivity index (χ4n) is 2.25. The average Bonchev–Trinajstić information content (AvgIpc) is 2.55. The maximum atomic E-state index is 5.42. The highest BCUT2D eigenvalue weighted by atomic mass is 16.5. The minimum absolute atomic E-state index is 0.179. The molecule has 0 spiro atoms. The molecule has 1 atom stereocenters.